The van der Waals surface area contributed by atoms with Gasteiger partial charge in [0.1, 0.15) is 0 Å². The first-order valence-electron chi connectivity index (χ1n) is 5.59. The van der Waals surface area contributed by atoms with E-state index in [4.69, 9.17) is 0 Å². The van der Waals surface area contributed by atoms with Crippen molar-refractivity contribution in [2.45, 2.75) is 19.5 Å². The van der Waals surface area contributed by atoms with Gasteiger partial charge in [-0.1, -0.05) is 13.0 Å². The summed E-state index contributed by atoms with van der Waals surface area (Å²) in [4.78, 5) is 2.27. The molecule has 0 unspecified atom stereocenters. The minimum absolute atomic E-state index is 0.526. The third-order valence-electron chi connectivity index (χ3n) is 3.05. The summed E-state index contributed by atoms with van der Waals surface area (Å²) < 4.78 is 25.8. The van der Waals surface area contributed by atoms with E-state index in [1.807, 2.05) is 0 Å². The lowest BCUT2D eigenvalue weighted by Gasteiger charge is -2.37. The Morgan fingerprint density at radius 2 is 2.06 bits per heavy atom. The van der Waals surface area contributed by atoms with Gasteiger partial charge in [0.15, 0.2) is 11.6 Å². The number of rotatable bonds is 4. The second-order valence-electron chi connectivity index (χ2n) is 4.12. The van der Waals surface area contributed by atoms with E-state index in [2.05, 4.69) is 17.1 Å². The lowest BCUT2D eigenvalue weighted by molar-refractivity contribution is 0.145. The molecule has 1 aromatic carbocycles. The summed E-state index contributed by atoms with van der Waals surface area (Å²) >= 11 is 0. The smallest absolute Gasteiger partial charge is 0.159 e. The van der Waals surface area contributed by atoms with Crippen molar-refractivity contribution in [3.8, 4) is 0 Å². The van der Waals surface area contributed by atoms with Crippen LogP contribution in [0.5, 0.6) is 0 Å². The average Bonchev–Trinajstić information content (AvgIpc) is 2.20. The molecular weight excluding hydrogens is 210 g/mol. The molecule has 2 nitrogen and oxygen atoms in total. The first-order valence-corrected chi connectivity index (χ1v) is 5.59. The molecular formula is C12H16F2N2. The van der Waals surface area contributed by atoms with Gasteiger partial charge in [0, 0.05) is 25.7 Å². The second-order valence-corrected chi connectivity index (χ2v) is 4.12. The van der Waals surface area contributed by atoms with Gasteiger partial charge in [-0.3, -0.25) is 4.90 Å². The average molecular weight is 226 g/mol. The number of benzene rings is 1. The van der Waals surface area contributed by atoms with E-state index in [0.29, 0.717) is 12.6 Å². The lowest BCUT2D eigenvalue weighted by atomic mass is 10.1. The zero-order valence-electron chi connectivity index (χ0n) is 9.34. The van der Waals surface area contributed by atoms with Crippen molar-refractivity contribution in [2.75, 3.05) is 19.6 Å². The molecule has 0 aliphatic carbocycles. The van der Waals surface area contributed by atoms with Gasteiger partial charge in [0.25, 0.3) is 0 Å². The van der Waals surface area contributed by atoms with Crippen LogP contribution < -0.4 is 5.32 Å². The third-order valence-corrected chi connectivity index (χ3v) is 3.05. The van der Waals surface area contributed by atoms with Crippen LogP contribution in [0, 0.1) is 11.6 Å². The molecule has 1 heterocycles. The number of hydrogen-bond acceptors (Lipinski definition) is 2. The Hall–Kier alpha value is -1.00. The summed E-state index contributed by atoms with van der Waals surface area (Å²) in [5.74, 6) is -1.54. The van der Waals surface area contributed by atoms with Gasteiger partial charge in [-0.15, -0.1) is 0 Å². The molecule has 88 valence electrons. The van der Waals surface area contributed by atoms with E-state index in [1.165, 1.54) is 12.1 Å². The Morgan fingerprint density at radius 3 is 2.56 bits per heavy atom. The van der Waals surface area contributed by atoms with Gasteiger partial charge < -0.3 is 5.32 Å². The molecule has 1 N–H and O–H groups in total. The van der Waals surface area contributed by atoms with E-state index in [-0.39, 0.29) is 0 Å². The van der Waals surface area contributed by atoms with Crippen molar-refractivity contribution in [3.63, 3.8) is 0 Å². The molecule has 1 saturated heterocycles. The minimum Gasteiger partial charge on any atom is -0.314 e. The molecule has 1 aromatic rings. The van der Waals surface area contributed by atoms with E-state index in [9.17, 15) is 8.78 Å². The highest BCUT2D eigenvalue weighted by molar-refractivity contribution is 5.18. The van der Waals surface area contributed by atoms with Crippen molar-refractivity contribution in [2.24, 2.45) is 0 Å². The first kappa shape index (κ1) is 11.5. The maximum atomic E-state index is 13.0. The van der Waals surface area contributed by atoms with Crippen LogP contribution in [-0.2, 0) is 6.54 Å². The van der Waals surface area contributed by atoms with Crippen molar-refractivity contribution in [1.82, 2.24) is 10.2 Å². The number of hydrogen-bond donors (Lipinski definition) is 1. The van der Waals surface area contributed by atoms with Gasteiger partial charge in [-0.25, -0.2) is 8.78 Å². The summed E-state index contributed by atoms with van der Waals surface area (Å²) in [6, 6.07) is 4.65. The van der Waals surface area contributed by atoms with Crippen molar-refractivity contribution >= 4 is 0 Å². The third kappa shape index (κ3) is 2.39. The summed E-state index contributed by atoms with van der Waals surface area (Å²) in [7, 11) is 0. The molecule has 16 heavy (non-hydrogen) atoms. The lowest BCUT2D eigenvalue weighted by Crippen LogP contribution is -2.56. The number of nitrogens with zero attached hydrogens (tertiary/aromatic N) is 1. The Labute approximate surface area is 94.3 Å². The highest BCUT2D eigenvalue weighted by atomic mass is 19.2. The summed E-state index contributed by atoms with van der Waals surface area (Å²) in [5.41, 5.74) is 0.827. The van der Waals surface area contributed by atoms with E-state index in [0.717, 1.165) is 25.2 Å². The zero-order valence-corrected chi connectivity index (χ0v) is 9.34. The Balaban J connectivity index is 2.03. The topological polar surface area (TPSA) is 15.3 Å². The number of likely N-dealkylation sites (N-methyl/N-ethyl adjacent to an activating group) is 1. The maximum Gasteiger partial charge on any atom is 0.159 e. The van der Waals surface area contributed by atoms with Gasteiger partial charge in [0.2, 0.25) is 0 Å². The molecule has 1 aliphatic rings. The fraction of sp³-hybridized carbons (Fsp3) is 0.500. The summed E-state index contributed by atoms with van der Waals surface area (Å²) in [6.07, 6.45) is 0. The predicted molar refractivity (Wildman–Crippen MR) is 59.1 cm³/mol. The van der Waals surface area contributed by atoms with Gasteiger partial charge in [-0.2, -0.15) is 0 Å². The first-order chi connectivity index (χ1) is 7.70. The normalized spacial score (nSPS) is 16.5. The zero-order chi connectivity index (χ0) is 11.5. The molecule has 4 heteroatoms. The van der Waals surface area contributed by atoms with Crippen LogP contribution in [0.25, 0.3) is 0 Å². The summed E-state index contributed by atoms with van der Waals surface area (Å²) in [5, 5.41) is 3.21. The van der Waals surface area contributed by atoms with Crippen LogP contribution in [0.15, 0.2) is 18.2 Å². The molecule has 2 rings (SSSR count). The largest absolute Gasteiger partial charge is 0.314 e. The fourth-order valence-corrected chi connectivity index (χ4v) is 1.90. The molecule has 0 bridgehead atoms. The Bertz CT molecular complexity index is 364. The van der Waals surface area contributed by atoms with E-state index >= 15 is 0 Å². The molecule has 0 spiro atoms. The highest BCUT2D eigenvalue weighted by Crippen LogP contribution is 2.14. The van der Waals surface area contributed by atoms with E-state index in [1.54, 1.807) is 6.07 Å². The predicted octanol–water partition coefficient (Wildman–Crippen LogP) is 1.76. The second kappa shape index (κ2) is 4.89. The fourth-order valence-electron chi connectivity index (χ4n) is 1.90. The highest BCUT2D eigenvalue weighted by Gasteiger charge is 2.23. The molecule has 0 radical (unpaired) electrons. The monoisotopic (exact) mass is 226 g/mol. The van der Waals surface area contributed by atoms with Crippen LogP contribution in [0.4, 0.5) is 8.78 Å². The van der Waals surface area contributed by atoms with Crippen LogP contribution in [0.1, 0.15) is 12.5 Å². The molecule has 0 saturated carbocycles. The van der Waals surface area contributed by atoms with Gasteiger partial charge in [0.05, 0.1) is 0 Å². The molecule has 1 aliphatic heterocycles. The minimum atomic E-state index is -0.780. The van der Waals surface area contributed by atoms with Crippen molar-refractivity contribution < 1.29 is 8.78 Å². The quantitative estimate of drug-likeness (QED) is 0.841. The maximum absolute atomic E-state index is 13.0. The standard InChI is InChI=1S/C12H16F2N2/c1-2-16(10-6-15-7-10)8-9-3-4-11(13)12(14)5-9/h3-5,10,15H,2,6-8H2,1H3. The number of nitrogens with one attached hydrogen (secondary N) is 1. The van der Waals surface area contributed by atoms with Gasteiger partial charge >= 0.3 is 0 Å². The van der Waals surface area contributed by atoms with Crippen LogP contribution in [0.3, 0.4) is 0 Å². The number of halogens is 2. The summed E-state index contributed by atoms with van der Waals surface area (Å²) in [6.45, 7) is 5.65. The van der Waals surface area contributed by atoms with Gasteiger partial charge in [-0.05, 0) is 24.2 Å². The van der Waals surface area contributed by atoms with Crippen molar-refractivity contribution in [1.29, 1.82) is 0 Å². The molecule has 0 amide bonds. The van der Waals surface area contributed by atoms with E-state index < -0.39 is 11.6 Å². The molecule has 1 fully saturated rings. The van der Waals surface area contributed by atoms with Crippen molar-refractivity contribution in [3.05, 3.63) is 35.4 Å². The van der Waals surface area contributed by atoms with Crippen LogP contribution in [0.2, 0.25) is 0 Å². The van der Waals surface area contributed by atoms with Crippen LogP contribution in [-0.4, -0.2) is 30.6 Å². The molecule has 0 aromatic heterocycles. The van der Waals surface area contributed by atoms with Crippen LogP contribution >= 0.6 is 0 Å². The Morgan fingerprint density at radius 1 is 1.31 bits per heavy atom. The SMILES string of the molecule is CCN(Cc1ccc(F)c(F)c1)C1CNC1. The molecule has 0 atom stereocenters. The Kier molecular flexibility index (Phi) is 3.51.